The predicted octanol–water partition coefficient (Wildman–Crippen LogP) is 1.69. The first kappa shape index (κ1) is 12.6. The smallest absolute Gasteiger partial charge is 0.147 e. The third-order valence-corrected chi connectivity index (χ3v) is 4.37. The van der Waals surface area contributed by atoms with E-state index in [0.717, 1.165) is 31.1 Å². The zero-order valence-electron chi connectivity index (χ0n) is 10.4. The van der Waals surface area contributed by atoms with Crippen molar-refractivity contribution in [1.82, 2.24) is 9.97 Å². The Kier molecular flexibility index (Phi) is 3.89. The molecule has 1 aromatic heterocycles. The molecule has 0 amide bonds. The van der Waals surface area contributed by atoms with Crippen LogP contribution in [0.5, 0.6) is 0 Å². The Morgan fingerprint density at radius 3 is 3.00 bits per heavy atom. The van der Waals surface area contributed by atoms with Gasteiger partial charge in [0.1, 0.15) is 5.82 Å². The number of hydrogen-bond acceptors (Lipinski definition) is 5. The van der Waals surface area contributed by atoms with Gasteiger partial charge in [0.15, 0.2) is 0 Å². The molecule has 1 aliphatic heterocycles. The molecular weight excluding hydrogens is 234 g/mol. The monoisotopic (exact) mass is 253 g/mol. The van der Waals surface area contributed by atoms with E-state index in [4.69, 9.17) is 5.11 Å². The molecule has 0 aliphatic carbocycles. The summed E-state index contributed by atoms with van der Waals surface area (Å²) in [6.07, 6.45) is 4.53. The second-order valence-electron chi connectivity index (χ2n) is 4.87. The molecule has 4 nitrogen and oxygen atoms in total. The van der Waals surface area contributed by atoms with Crippen LogP contribution in [-0.2, 0) is 6.61 Å². The van der Waals surface area contributed by atoms with Crippen molar-refractivity contribution in [2.75, 3.05) is 23.7 Å². The Bertz CT molecular complexity index is 384. The number of aliphatic hydroxyl groups excluding tert-OH is 1. The van der Waals surface area contributed by atoms with Crippen LogP contribution in [-0.4, -0.2) is 38.7 Å². The Morgan fingerprint density at radius 2 is 2.24 bits per heavy atom. The zero-order chi connectivity index (χ0) is 12.3. The molecule has 0 saturated carbocycles. The minimum Gasteiger partial charge on any atom is -0.390 e. The van der Waals surface area contributed by atoms with Gasteiger partial charge in [-0.1, -0.05) is 13.8 Å². The van der Waals surface area contributed by atoms with Gasteiger partial charge in [-0.05, 0) is 6.42 Å². The van der Waals surface area contributed by atoms with E-state index in [9.17, 15) is 0 Å². The quantitative estimate of drug-likeness (QED) is 0.869. The van der Waals surface area contributed by atoms with E-state index in [1.54, 1.807) is 12.4 Å². The van der Waals surface area contributed by atoms with E-state index >= 15 is 0 Å². The van der Waals surface area contributed by atoms with Crippen LogP contribution in [0, 0.1) is 0 Å². The Morgan fingerprint density at radius 1 is 1.41 bits per heavy atom. The Balaban J connectivity index is 2.11. The summed E-state index contributed by atoms with van der Waals surface area (Å²) in [7, 11) is 0. The summed E-state index contributed by atoms with van der Waals surface area (Å²) in [6, 6.07) is 0. The molecular formula is C12H19N3OS. The number of nitrogens with zero attached hydrogens (tertiary/aromatic N) is 3. The first-order chi connectivity index (χ1) is 8.11. The summed E-state index contributed by atoms with van der Waals surface area (Å²) in [5.41, 5.74) is 0.638. The first-order valence-electron chi connectivity index (χ1n) is 5.91. The lowest BCUT2D eigenvalue weighted by Crippen LogP contribution is -2.28. The van der Waals surface area contributed by atoms with Crippen molar-refractivity contribution < 1.29 is 5.11 Å². The van der Waals surface area contributed by atoms with Crippen molar-refractivity contribution in [3.05, 3.63) is 18.1 Å². The molecule has 17 heavy (non-hydrogen) atoms. The van der Waals surface area contributed by atoms with Crippen LogP contribution in [0.25, 0.3) is 0 Å². The number of rotatable bonds is 2. The van der Waals surface area contributed by atoms with Crippen LogP contribution in [0.3, 0.4) is 0 Å². The maximum atomic E-state index is 9.07. The summed E-state index contributed by atoms with van der Waals surface area (Å²) < 4.78 is 0.344. The van der Waals surface area contributed by atoms with Gasteiger partial charge in [-0.3, -0.25) is 4.98 Å². The third kappa shape index (κ3) is 3.33. The van der Waals surface area contributed by atoms with Gasteiger partial charge >= 0.3 is 0 Å². The molecule has 5 heteroatoms. The summed E-state index contributed by atoms with van der Waals surface area (Å²) in [5, 5.41) is 9.07. The molecule has 0 spiro atoms. The van der Waals surface area contributed by atoms with Crippen molar-refractivity contribution in [2.24, 2.45) is 0 Å². The van der Waals surface area contributed by atoms with E-state index < -0.39 is 0 Å². The molecule has 2 rings (SSSR count). The second kappa shape index (κ2) is 5.23. The maximum Gasteiger partial charge on any atom is 0.147 e. The Hall–Kier alpha value is -0.810. The topological polar surface area (TPSA) is 49.2 Å². The molecule has 0 radical (unpaired) electrons. The van der Waals surface area contributed by atoms with Gasteiger partial charge in [-0.15, -0.1) is 0 Å². The summed E-state index contributed by atoms with van der Waals surface area (Å²) in [4.78, 5) is 10.8. The number of anilines is 1. The SMILES string of the molecule is CC1(C)CCN(c2cncc(CO)n2)CCS1. The minimum atomic E-state index is -0.0467. The third-order valence-electron chi connectivity index (χ3n) is 3.00. The Labute approximate surface area is 106 Å². The molecule has 1 N–H and O–H groups in total. The molecule has 1 aromatic rings. The van der Waals surface area contributed by atoms with E-state index in [1.165, 1.54) is 0 Å². The second-order valence-corrected chi connectivity index (χ2v) is 6.67. The average Bonchev–Trinajstić information content (AvgIpc) is 2.50. The number of thioether (sulfide) groups is 1. The van der Waals surface area contributed by atoms with Gasteiger partial charge in [-0.25, -0.2) is 4.98 Å². The van der Waals surface area contributed by atoms with Crippen LogP contribution in [0.4, 0.5) is 5.82 Å². The van der Waals surface area contributed by atoms with Crippen LogP contribution < -0.4 is 4.90 Å². The maximum absolute atomic E-state index is 9.07. The van der Waals surface area contributed by atoms with E-state index in [1.807, 2.05) is 11.8 Å². The van der Waals surface area contributed by atoms with Crippen molar-refractivity contribution in [1.29, 1.82) is 0 Å². The fraction of sp³-hybridized carbons (Fsp3) is 0.667. The zero-order valence-corrected chi connectivity index (χ0v) is 11.2. The van der Waals surface area contributed by atoms with Crippen molar-refractivity contribution in [3.63, 3.8) is 0 Å². The van der Waals surface area contributed by atoms with Crippen molar-refractivity contribution in [2.45, 2.75) is 31.6 Å². The molecule has 0 atom stereocenters. The van der Waals surface area contributed by atoms with E-state index in [-0.39, 0.29) is 6.61 Å². The predicted molar refractivity (Wildman–Crippen MR) is 71.3 cm³/mol. The molecule has 0 unspecified atom stereocenters. The first-order valence-corrected chi connectivity index (χ1v) is 6.90. The largest absolute Gasteiger partial charge is 0.390 e. The summed E-state index contributed by atoms with van der Waals surface area (Å²) >= 11 is 2.01. The van der Waals surface area contributed by atoms with Gasteiger partial charge in [0.2, 0.25) is 0 Å². The van der Waals surface area contributed by atoms with Crippen LogP contribution >= 0.6 is 11.8 Å². The molecule has 1 aliphatic rings. The lowest BCUT2D eigenvalue weighted by Gasteiger charge is -2.23. The average molecular weight is 253 g/mol. The molecule has 1 fully saturated rings. The van der Waals surface area contributed by atoms with Gasteiger partial charge in [0, 0.05) is 23.6 Å². The molecule has 2 heterocycles. The molecule has 0 aromatic carbocycles. The van der Waals surface area contributed by atoms with Crippen LogP contribution in [0.1, 0.15) is 26.0 Å². The fourth-order valence-corrected chi connectivity index (χ4v) is 2.97. The molecule has 1 saturated heterocycles. The highest BCUT2D eigenvalue weighted by Gasteiger charge is 2.24. The van der Waals surface area contributed by atoms with Gasteiger partial charge in [-0.2, -0.15) is 11.8 Å². The highest BCUT2D eigenvalue weighted by molar-refractivity contribution is 8.00. The number of hydrogen-bond donors (Lipinski definition) is 1. The molecule has 0 bridgehead atoms. The lowest BCUT2D eigenvalue weighted by atomic mass is 10.1. The van der Waals surface area contributed by atoms with Crippen molar-refractivity contribution in [3.8, 4) is 0 Å². The van der Waals surface area contributed by atoms with E-state index in [2.05, 4.69) is 28.7 Å². The molecule has 94 valence electrons. The van der Waals surface area contributed by atoms with Gasteiger partial charge < -0.3 is 10.0 Å². The van der Waals surface area contributed by atoms with E-state index in [0.29, 0.717) is 10.4 Å². The normalized spacial score (nSPS) is 20.1. The van der Waals surface area contributed by atoms with Gasteiger partial charge in [0.25, 0.3) is 0 Å². The minimum absolute atomic E-state index is 0.0467. The van der Waals surface area contributed by atoms with Crippen LogP contribution in [0.2, 0.25) is 0 Å². The summed E-state index contributed by atoms with van der Waals surface area (Å²) in [5.74, 6) is 1.99. The van der Waals surface area contributed by atoms with Crippen LogP contribution in [0.15, 0.2) is 12.4 Å². The number of aliphatic hydroxyl groups is 1. The highest BCUT2D eigenvalue weighted by atomic mass is 32.2. The van der Waals surface area contributed by atoms with Crippen molar-refractivity contribution >= 4 is 17.6 Å². The van der Waals surface area contributed by atoms with Gasteiger partial charge in [0.05, 0.1) is 24.7 Å². The summed E-state index contributed by atoms with van der Waals surface area (Å²) in [6.45, 7) is 6.53. The number of aromatic nitrogens is 2. The highest BCUT2D eigenvalue weighted by Crippen LogP contribution is 2.31. The lowest BCUT2D eigenvalue weighted by molar-refractivity contribution is 0.276. The fourth-order valence-electron chi connectivity index (χ4n) is 1.87. The standard InChI is InChI=1S/C12H19N3OS/c1-12(2)3-4-15(5-6-17-12)11-8-13-7-10(9-16)14-11/h7-8,16H,3-6,9H2,1-2H3.